The summed E-state index contributed by atoms with van der Waals surface area (Å²) in [6.07, 6.45) is 1.49. The predicted molar refractivity (Wildman–Crippen MR) is 182 cm³/mol. The third kappa shape index (κ3) is 9.85. The van der Waals surface area contributed by atoms with Gasteiger partial charge >= 0.3 is 0 Å². The molecule has 0 bridgehead atoms. The number of hydrogen-bond donors (Lipinski definition) is 2. The maximum Gasteiger partial charge on any atom is 0.258 e. The molecule has 0 unspecified atom stereocenters. The Hall–Kier alpha value is -3.84. The first-order chi connectivity index (χ1) is 22.9. The van der Waals surface area contributed by atoms with Gasteiger partial charge in [0.05, 0.1) is 41.7 Å². The van der Waals surface area contributed by atoms with Crippen molar-refractivity contribution in [2.24, 2.45) is 5.92 Å². The molecule has 0 saturated carbocycles. The van der Waals surface area contributed by atoms with Gasteiger partial charge in [0.1, 0.15) is 11.6 Å². The Morgan fingerprint density at radius 3 is 2.48 bits per heavy atom. The lowest BCUT2D eigenvalue weighted by atomic mass is 10.0. The summed E-state index contributed by atoms with van der Waals surface area (Å²) in [5, 5.41) is 13.1. The van der Waals surface area contributed by atoms with Gasteiger partial charge in [0.15, 0.2) is 0 Å². The summed E-state index contributed by atoms with van der Waals surface area (Å²) in [6.45, 7) is 5.70. The summed E-state index contributed by atoms with van der Waals surface area (Å²) in [5.74, 6) is -1.18. The van der Waals surface area contributed by atoms with E-state index in [1.165, 1.54) is 28.4 Å². The summed E-state index contributed by atoms with van der Waals surface area (Å²) in [7, 11) is -2.51. The lowest BCUT2D eigenvalue weighted by Gasteiger charge is -2.35. The van der Waals surface area contributed by atoms with E-state index in [9.17, 15) is 27.5 Å². The fourth-order valence-corrected chi connectivity index (χ4v) is 6.77. The van der Waals surface area contributed by atoms with Crippen molar-refractivity contribution in [2.45, 2.75) is 69.6 Å². The molecule has 1 heterocycles. The SMILES string of the molecule is C[C@@H]1CCCCO[C@H](CN(C)S(=O)(=O)c2ccc(F)cc2)[C@H](C)CN([C@@H](C)CO)C(=O)c2cc(NC(=O)Cc3ccccc3)ccc2O1. The van der Waals surface area contributed by atoms with Crippen molar-refractivity contribution < 1.29 is 37.0 Å². The fourth-order valence-electron chi connectivity index (χ4n) is 5.59. The second-order valence-electron chi connectivity index (χ2n) is 12.5. The third-order valence-electron chi connectivity index (χ3n) is 8.50. The van der Waals surface area contributed by atoms with E-state index < -0.39 is 33.9 Å². The van der Waals surface area contributed by atoms with Gasteiger partial charge in [-0.3, -0.25) is 9.59 Å². The summed E-state index contributed by atoms with van der Waals surface area (Å²) in [4.78, 5) is 28.7. The minimum absolute atomic E-state index is 0.00981. The molecule has 260 valence electrons. The van der Waals surface area contributed by atoms with Crippen LogP contribution in [0, 0.1) is 11.7 Å². The highest BCUT2D eigenvalue weighted by Crippen LogP contribution is 2.29. The Morgan fingerprint density at radius 2 is 1.79 bits per heavy atom. The van der Waals surface area contributed by atoms with Crippen molar-refractivity contribution in [1.29, 1.82) is 0 Å². The van der Waals surface area contributed by atoms with Crippen LogP contribution in [0.15, 0.2) is 77.7 Å². The third-order valence-corrected chi connectivity index (χ3v) is 10.3. The van der Waals surface area contributed by atoms with E-state index in [1.807, 2.05) is 44.2 Å². The fraction of sp³-hybridized carbons (Fsp3) is 0.444. The second kappa shape index (κ2) is 17.0. The number of halogens is 1. The van der Waals surface area contributed by atoms with Crippen LogP contribution in [0.1, 0.15) is 56.0 Å². The first kappa shape index (κ1) is 37.0. The number of carbonyl (C=O) groups is 2. The van der Waals surface area contributed by atoms with E-state index in [0.29, 0.717) is 30.9 Å². The van der Waals surface area contributed by atoms with Crippen LogP contribution in [0.4, 0.5) is 10.1 Å². The van der Waals surface area contributed by atoms with Gasteiger partial charge in [0.2, 0.25) is 15.9 Å². The number of nitrogens with one attached hydrogen (secondary N) is 1. The molecule has 0 aromatic heterocycles. The van der Waals surface area contributed by atoms with Crippen LogP contribution in [-0.2, 0) is 26.0 Å². The monoisotopic (exact) mass is 683 g/mol. The van der Waals surface area contributed by atoms with E-state index in [-0.39, 0.29) is 54.5 Å². The number of anilines is 1. The Balaban J connectivity index is 1.62. The molecule has 0 saturated heterocycles. The van der Waals surface area contributed by atoms with Crippen molar-refractivity contribution in [3.05, 3.63) is 89.7 Å². The molecule has 2 N–H and O–H groups in total. The maximum absolute atomic E-state index is 14.3. The number of rotatable bonds is 9. The maximum atomic E-state index is 14.3. The van der Waals surface area contributed by atoms with Crippen LogP contribution in [0.3, 0.4) is 0 Å². The molecule has 3 aromatic carbocycles. The smallest absolute Gasteiger partial charge is 0.258 e. The van der Waals surface area contributed by atoms with E-state index >= 15 is 0 Å². The quantitative estimate of drug-likeness (QED) is 0.321. The first-order valence-corrected chi connectivity index (χ1v) is 17.7. The van der Waals surface area contributed by atoms with Gasteiger partial charge in [-0.25, -0.2) is 12.8 Å². The molecule has 0 spiro atoms. The molecule has 3 aromatic rings. The molecule has 4 atom stereocenters. The summed E-state index contributed by atoms with van der Waals surface area (Å²) >= 11 is 0. The highest BCUT2D eigenvalue weighted by Gasteiger charge is 2.32. The molecule has 12 heteroatoms. The van der Waals surface area contributed by atoms with Crippen LogP contribution in [0.25, 0.3) is 0 Å². The molecule has 4 rings (SSSR count). The molecule has 1 aliphatic rings. The zero-order valence-electron chi connectivity index (χ0n) is 28.0. The lowest BCUT2D eigenvalue weighted by Crippen LogP contribution is -2.48. The average Bonchev–Trinajstić information content (AvgIpc) is 3.06. The van der Waals surface area contributed by atoms with Gasteiger partial charge in [0.25, 0.3) is 5.91 Å². The molecular weight excluding hydrogens is 637 g/mol. The minimum Gasteiger partial charge on any atom is -0.490 e. The number of amides is 2. The summed E-state index contributed by atoms with van der Waals surface area (Å²) in [5.41, 5.74) is 1.52. The van der Waals surface area contributed by atoms with Gasteiger partial charge in [-0.05, 0) is 81.1 Å². The van der Waals surface area contributed by atoms with Crippen LogP contribution in [0.5, 0.6) is 5.75 Å². The van der Waals surface area contributed by atoms with Crippen LogP contribution in [0.2, 0.25) is 0 Å². The van der Waals surface area contributed by atoms with E-state index in [0.717, 1.165) is 24.1 Å². The van der Waals surface area contributed by atoms with E-state index in [1.54, 1.807) is 25.1 Å². The molecule has 48 heavy (non-hydrogen) atoms. The molecule has 1 aliphatic heterocycles. The Morgan fingerprint density at radius 1 is 1.08 bits per heavy atom. The van der Waals surface area contributed by atoms with Gasteiger partial charge in [0, 0.05) is 38.3 Å². The Bertz CT molecular complexity index is 1620. The first-order valence-electron chi connectivity index (χ1n) is 16.3. The molecular formula is C36H46FN3O7S. The average molecular weight is 684 g/mol. The number of aliphatic hydroxyl groups is 1. The van der Waals surface area contributed by atoms with Crippen LogP contribution in [-0.4, -0.2) is 86.1 Å². The van der Waals surface area contributed by atoms with Gasteiger partial charge in [-0.1, -0.05) is 37.3 Å². The number of nitrogens with zero attached hydrogens (tertiary/aromatic N) is 2. The minimum atomic E-state index is -3.95. The van der Waals surface area contributed by atoms with Crippen molar-refractivity contribution in [1.82, 2.24) is 9.21 Å². The van der Waals surface area contributed by atoms with Crippen molar-refractivity contribution in [3.63, 3.8) is 0 Å². The number of hydrogen-bond acceptors (Lipinski definition) is 7. The van der Waals surface area contributed by atoms with Crippen LogP contribution >= 0.6 is 0 Å². The van der Waals surface area contributed by atoms with Crippen molar-refractivity contribution >= 4 is 27.5 Å². The molecule has 0 aliphatic carbocycles. The standard InChI is InChI=1S/C36H46FN3O7S/c1-25-22-40(26(2)24-41)36(43)32-21-30(38-35(42)20-28-11-6-5-7-12-28)15-18-33(32)47-27(3)10-8-9-19-46-34(25)23-39(4)48(44,45)31-16-13-29(37)14-17-31/h5-7,11-18,21,25-27,34,41H,8-10,19-20,22-24H2,1-4H3,(H,38,42)/t25-,26+,27-,34-/m1/s1. The van der Waals surface area contributed by atoms with Gasteiger partial charge < -0.3 is 24.8 Å². The summed E-state index contributed by atoms with van der Waals surface area (Å²) in [6, 6.07) is 18.4. The van der Waals surface area contributed by atoms with E-state index in [4.69, 9.17) is 9.47 Å². The number of sulfonamides is 1. The Kier molecular flexibility index (Phi) is 13.1. The number of fused-ring (bicyclic) bond motifs is 1. The van der Waals surface area contributed by atoms with Gasteiger partial charge in [-0.2, -0.15) is 4.31 Å². The predicted octanol–water partition coefficient (Wildman–Crippen LogP) is 5.12. The number of benzene rings is 3. The number of carbonyl (C=O) groups excluding carboxylic acids is 2. The molecule has 10 nitrogen and oxygen atoms in total. The highest BCUT2D eigenvalue weighted by atomic mass is 32.2. The van der Waals surface area contributed by atoms with Crippen molar-refractivity contribution in [2.75, 3.05) is 38.7 Å². The zero-order chi connectivity index (χ0) is 34.8. The lowest BCUT2D eigenvalue weighted by molar-refractivity contribution is -0.115. The molecule has 0 radical (unpaired) electrons. The summed E-state index contributed by atoms with van der Waals surface area (Å²) < 4.78 is 53.9. The topological polar surface area (TPSA) is 125 Å². The van der Waals surface area contributed by atoms with Crippen LogP contribution < -0.4 is 10.1 Å². The zero-order valence-corrected chi connectivity index (χ0v) is 28.8. The number of likely N-dealkylation sites (N-methyl/N-ethyl adjacent to an activating group) is 1. The highest BCUT2D eigenvalue weighted by molar-refractivity contribution is 7.89. The largest absolute Gasteiger partial charge is 0.490 e. The Labute approximate surface area is 282 Å². The molecule has 0 fully saturated rings. The number of aliphatic hydroxyl groups excluding tert-OH is 1. The second-order valence-corrected chi connectivity index (χ2v) is 14.5. The molecule has 2 amide bonds. The van der Waals surface area contributed by atoms with Gasteiger partial charge in [-0.15, -0.1) is 0 Å². The number of ether oxygens (including phenoxy) is 2. The normalized spacial score (nSPS) is 20.4. The van der Waals surface area contributed by atoms with Crippen molar-refractivity contribution in [3.8, 4) is 5.75 Å². The van der Waals surface area contributed by atoms with E-state index in [2.05, 4.69) is 5.32 Å².